The Morgan fingerprint density at radius 2 is 2.07 bits per heavy atom. The van der Waals surface area contributed by atoms with Crippen LogP contribution in [0.5, 0.6) is 0 Å². The molecule has 7 heteroatoms. The van der Waals surface area contributed by atoms with Crippen molar-refractivity contribution in [2.24, 2.45) is 0 Å². The van der Waals surface area contributed by atoms with E-state index in [1.54, 1.807) is 0 Å². The first-order valence-electron chi connectivity index (χ1n) is 4.21. The third kappa shape index (κ3) is 1.97. The molecule has 0 atom stereocenters. The third-order valence-electron chi connectivity index (χ3n) is 2.23. The average molecular weight is 228 g/mol. The molecule has 1 aromatic rings. The lowest BCUT2D eigenvalue weighted by Gasteiger charge is -2.16. The molecule has 1 aromatic carbocycles. The van der Waals surface area contributed by atoms with E-state index in [2.05, 4.69) is 4.72 Å². The van der Waals surface area contributed by atoms with Gasteiger partial charge in [0.15, 0.2) is 0 Å². The van der Waals surface area contributed by atoms with E-state index >= 15 is 0 Å². The molecule has 0 spiro atoms. The number of nitrogens with zero attached hydrogens (tertiary/aromatic N) is 1. The Bertz CT molecular complexity index is 523. The summed E-state index contributed by atoms with van der Waals surface area (Å²) in [7, 11) is -3.25. The fourth-order valence-electron chi connectivity index (χ4n) is 1.47. The first-order chi connectivity index (χ1) is 6.98. The summed E-state index contributed by atoms with van der Waals surface area (Å²) in [6.07, 6.45) is 0. The van der Waals surface area contributed by atoms with E-state index in [4.69, 9.17) is 0 Å². The van der Waals surface area contributed by atoms with Crippen LogP contribution in [0.1, 0.15) is 11.1 Å². The van der Waals surface area contributed by atoms with E-state index < -0.39 is 14.9 Å². The molecule has 0 aromatic heterocycles. The zero-order chi connectivity index (χ0) is 11.1. The van der Waals surface area contributed by atoms with Crippen molar-refractivity contribution in [1.82, 2.24) is 4.72 Å². The fraction of sp³-hybridized carbons (Fsp3) is 0.250. The SMILES string of the molecule is O=[N+]([O-])c1ccc2c(c1)CNS(=O)(=O)C2. The third-order valence-corrected chi connectivity index (χ3v) is 3.50. The van der Waals surface area contributed by atoms with Crippen molar-refractivity contribution in [2.75, 3.05) is 0 Å². The van der Waals surface area contributed by atoms with Gasteiger partial charge in [-0.25, -0.2) is 13.1 Å². The maximum absolute atomic E-state index is 11.2. The molecule has 1 N–H and O–H groups in total. The van der Waals surface area contributed by atoms with Crippen LogP contribution in [0, 0.1) is 10.1 Å². The van der Waals surface area contributed by atoms with Gasteiger partial charge >= 0.3 is 0 Å². The molecule has 0 unspecified atom stereocenters. The zero-order valence-corrected chi connectivity index (χ0v) is 8.45. The van der Waals surface area contributed by atoms with Crippen LogP contribution in [0.4, 0.5) is 5.69 Å². The normalized spacial score (nSPS) is 18.1. The van der Waals surface area contributed by atoms with Gasteiger partial charge in [-0.1, -0.05) is 6.07 Å². The fourth-order valence-corrected chi connectivity index (χ4v) is 2.64. The molecule has 15 heavy (non-hydrogen) atoms. The summed E-state index contributed by atoms with van der Waals surface area (Å²) in [6, 6.07) is 4.21. The molecule has 6 nitrogen and oxygen atoms in total. The highest BCUT2D eigenvalue weighted by atomic mass is 32.2. The lowest BCUT2D eigenvalue weighted by molar-refractivity contribution is -0.384. The van der Waals surface area contributed by atoms with Crippen LogP contribution < -0.4 is 4.72 Å². The van der Waals surface area contributed by atoms with Gasteiger partial charge in [-0.3, -0.25) is 10.1 Å². The molecule has 80 valence electrons. The molecule has 1 aliphatic heterocycles. The van der Waals surface area contributed by atoms with Crippen LogP contribution in [0.2, 0.25) is 0 Å². The van der Waals surface area contributed by atoms with E-state index in [0.717, 1.165) is 0 Å². The predicted octanol–water partition coefficient (Wildman–Crippen LogP) is 0.528. The summed E-state index contributed by atoms with van der Waals surface area (Å²) in [6.45, 7) is 0.124. The average Bonchev–Trinajstić information content (AvgIpc) is 2.15. The van der Waals surface area contributed by atoms with Gasteiger partial charge in [0, 0.05) is 18.7 Å². The highest BCUT2D eigenvalue weighted by molar-refractivity contribution is 7.88. The number of fused-ring (bicyclic) bond motifs is 1. The van der Waals surface area contributed by atoms with E-state index in [-0.39, 0.29) is 18.0 Å². The minimum absolute atomic E-state index is 0.0187. The van der Waals surface area contributed by atoms with Gasteiger partial charge in [0.2, 0.25) is 10.0 Å². The number of hydrogen-bond donors (Lipinski definition) is 1. The number of rotatable bonds is 1. The Morgan fingerprint density at radius 3 is 2.73 bits per heavy atom. The van der Waals surface area contributed by atoms with Crippen LogP contribution in [0.3, 0.4) is 0 Å². The summed E-state index contributed by atoms with van der Waals surface area (Å²) in [5.74, 6) is -0.111. The maximum Gasteiger partial charge on any atom is 0.269 e. The quantitative estimate of drug-likeness (QED) is 0.560. The summed E-state index contributed by atoms with van der Waals surface area (Å²) in [4.78, 5) is 9.98. The van der Waals surface area contributed by atoms with Crippen LogP contribution >= 0.6 is 0 Å². The Hall–Kier alpha value is -1.47. The summed E-state index contributed by atoms with van der Waals surface area (Å²) < 4.78 is 24.7. The Kier molecular flexibility index (Phi) is 2.20. The van der Waals surface area contributed by atoms with Crippen molar-refractivity contribution >= 4 is 15.7 Å². The van der Waals surface area contributed by atoms with Gasteiger partial charge in [-0.2, -0.15) is 0 Å². The minimum Gasteiger partial charge on any atom is -0.258 e. The summed E-state index contributed by atoms with van der Waals surface area (Å²) in [5, 5.41) is 10.5. The number of nitro benzene ring substituents is 1. The molecule has 1 heterocycles. The summed E-state index contributed by atoms with van der Waals surface area (Å²) in [5.41, 5.74) is 1.27. The van der Waals surface area contributed by atoms with E-state index in [0.29, 0.717) is 11.1 Å². The number of nitro groups is 1. The highest BCUT2D eigenvalue weighted by Gasteiger charge is 2.22. The van der Waals surface area contributed by atoms with Gasteiger partial charge in [0.05, 0.1) is 10.7 Å². The van der Waals surface area contributed by atoms with Crippen molar-refractivity contribution in [3.63, 3.8) is 0 Å². The molecule has 0 amide bonds. The smallest absolute Gasteiger partial charge is 0.258 e. The van der Waals surface area contributed by atoms with Gasteiger partial charge in [-0.05, 0) is 11.1 Å². The molecule has 0 radical (unpaired) electrons. The maximum atomic E-state index is 11.2. The first kappa shape index (κ1) is 10.1. The van der Waals surface area contributed by atoms with Crippen molar-refractivity contribution in [3.8, 4) is 0 Å². The lowest BCUT2D eigenvalue weighted by atomic mass is 10.1. The molecule has 2 rings (SSSR count). The number of nitrogens with one attached hydrogen (secondary N) is 1. The second-order valence-electron chi connectivity index (χ2n) is 3.29. The molecule has 0 aliphatic carbocycles. The van der Waals surface area contributed by atoms with Crippen LogP contribution in [-0.2, 0) is 22.3 Å². The van der Waals surface area contributed by atoms with Crippen molar-refractivity contribution in [2.45, 2.75) is 12.3 Å². The minimum atomic E-state index is -3.25. The Balaban J connectivity index is 2.45. The largest absolute Gasteiger partial charge is 0.269 e. The first-order valence-corrected chi connectivity index (χ1v) is 5.87. The number of sulfonamides is 1. The van der Waals surface area contributed by atoms with Crippen molar-refractivity contribution in [3.05, 3.63) is 39.4 Å². The molecule has 0 bridgehead atoms. The second kappa shape index (κ2) is 3.28. The van der Waals surface area contributed by atoms with Crippen molar-refractivity contribution in [1.29, 1.82) is 0 Å². The highest BCUT2D eigenvalue weighted by Crippen LogP contribution is 2.22. The Labute approximate surface area is 86.1 Å². The Morgan fingerprint density at radius 1 is 1.33 bits per heavy atom. The van der Waals surface area contributed by atoms with Gasteiger partial charge in [0.25, 0.3) is 5.69 Å². The predicted molar refractivity (Wildman–Crippen MR) is 52.6 cm³/mol. The standard InChI is InChI=1S/C8H8N2O4S/c11-10(12)8-2-1-6-5-15(13,14)9-4-7(6)3-8/h1-3,9H,4-5H2. The number of hydrogen-bond acceptors (Lipinski definition) is 4. The monoisotopic (exact) mass is 228 g/mol. The van der Waals surface area contributed by atoms with Gasteiger partial charge in [0.1, 0.15) is 0 Å². The van der Waals surface area contributed by atoms with Crippen LogP contribution in [0.25, 0.3) is 0 Å². The second-order valence-corrected chi connectivity index (χ2v) is 5.10. The van der Waals surface area contributed by atoms with Gasteiger partial charge in [-0.15, -0.1) is 0 Å². The molecule has 0 saturated carbocycles. The number of non-ortho nitro benzene ring substituents is 1. The van der Waals surface area contributed by atoms with E-state index in [1.165, 1.54) is 18.2 Å². The van der Waals surface area contributed by atoms with Crippen LogP contribution in [-0.4, -0.2) is 13.3 Å². The molecular weight excluding hydrogens is 220 g/mol. The van der Waals surface area contributed by atoms with Gasteiger partial charge < -0.3 is 0 Å². The molecule has 0 saturated heterocycles. The number of benzene rings is 1. The summed E-state index contributed by atoms with van der Waals surface area (Å²) >= 11 is 0. The zero-order valence-electron chi connectivity index (χ0n) is 7.63. The molecule has 1 aliphatic rings. The lowest BCUT2D eigenvalue weighted by Crippen LogP contribution is -2.30. The molecular formula is C8H8N2O4S. The van der Waals surface area contributed by atoms with Crippen LogP contribution in [0.15, 0.2) is 18.2 Å². The molecule has 0 fully saturated rings. The van der Waals surface area contributed by atoms with E-state index in [9.17, 15) is 18.5 Å². The van der Waals surface area contributed by atoms with E-state index in [1.807, 2.05) is 0 Å². The topological polar surface area (TPSA) is 89.3 Å². The van der Waals surface area contributed by atoms with Crippen molar-refractivity contribution < 1.29 is 13.3 Å².